The number of aromatic hydroxyl groups is 1. The summed E-state index contributed by atoms with van der Waals surface area (Å²) in [7, 11) is 0. The van der Waals surface area contributed by atoms with E-state index in [4.69, 9.17) is 9.97 Å². The van der Waals surface area contributed by atoms with E-state index in [1.165, 1.54) is 33.0 Å². The maximum Gasteiger partial charge on any atom is 0.148 e. The molecule has 1 N–H and O–H groups in total. The van der Waals surface area contributed by atoms with Crippen LogP contribution in [0.1, 0.15) is 124 Å². The van der Waals surface area contributed by atoms with Crippen LogP contribution in [0.15, 0.2) is 170 Å². The summed E-state index contributed by atoms with van der Waals surface area (Å²) in [6, 6.07) is 63.3. The molecule has 0 saturated heterocycles. The van der Waals surface area contributed by atoms with Crippen LogP contribution in [0.4, 0.5) is 0 Å². The zero-order valence-corrected chi connectivity index (χ0v) is 48.8. The molecule has 0 saturated carbocycles. The third kappa shape index (κ3) is 9.36. The summed E-state index contributed by atoms with van der Waals surface area (Å²) in [5.41, 5.74) is 19.2. The molecule has 0 amide bonds. The molecule has 4 nitrogen and oxygen atoms in total. The van der Waals surface area contributed by atoms with Gasteiger partial charge in [-0.2, -0.15) is 0 Å². The number of phenolic OH excluding ortho intramolecular Hbond substituents is 1. The average Bonchev–Trinajstić information content (AvgIpc) is 3.91. The van der Waals surface area contributed by atoms with Crippen molar-refractivity contribution >= 4 is 21.8 Å². The Bertz CT molecular complexity index is 3840. The second-order valence-electron chi connectivity index (χ2n) is 25.5. The molecule has 10 aromatic rings. The maximum absolute atomic E-state index is 12.8. The van der Waals surface area contributed by atoms with E-state index in [1.807, 2.05) is 12.3 Å². The quantitative estimate of drug-likeness (QED) is 0.162. The van der Waals surface area contributed by atoms with Crippen LogP contribution in [0.25, 0.3) is 94.6 Å². The number of fused-ring (bicyclic) bond motifs is 1. The van der Waals surface area contributed by atoms with Crippen molar-refractivity contribution in [1.29, 1.82) is 0 Å². The van der Waals surface area contributed by atoms with E-state index >= 15 is 0 Å². The van der Waals surface area contributed by atoms with Crippen molar-refractivity contribution < 1.29 is 26.2 Å². The van der Waals surface area contributed by atoms with Crippen molar-refractivity contribution in [1.82, 2.24) is 14.5 Å². The van der Waals surface area contributed by atoms with E-state index in [0.29, 0.717) is 11.4 Å². The molecule has 0 bridgehead atoms. The molecule has 76 heavy (non-hydrogen) atoms. The van der Waals surface area contributed by atoms with Gasteiger partial charge in [0.15, 0.2) is 0 Å². The fourth-order valence-corrected chi connectivity index (χ4v) is 12.1. The van der Waals surface area contributed by atoms with Crippen LogP contribution in [-0.4, -0.2) is 19.6 Å². The van der Waals surface area contributed by atoms with E-state index in [0.717, 1.165) is 84.5 Å². The number of nitrogens with zero attached hydrogens (tertiary/aromatic N) is 3. The Morgan fingerprint density at radius 3 is 1.82 bits per heavy atom. The van der Waals surface area contributed by atoms with Gasteiger partial charge in [0.05, 0.1) is 22.3 Å². The molecule has 8 aromatic carbocycles. The van der Waals surface area contributed by atoms with E-state index in [-0.39, 0.29) is 53.9 Å². The van der Waals surface area contributed by atoms with Crippen LogP contribution >= 0.6 is 0 Å². The molecule has 5 heteroatoms. The van der Waals surface area contributed by atoms with Crippen molar-refractivity contribution in [3.05, 3.63) is 204 Å². The molecule has 11 rings (SSSR count). The molecule has 0 unspecified atom stereocenters. The van der Waals surface area contributed by atoms with Crippen LogP contribution < -0.4 is 0 Å². The summed E-state index contributed by atoms with van der Waals surface area (Å²) in [4.78, 5) is 10.7. The van der Waals surface area contributed by atoms with Gasteiger partial charge in [-0.1, -0.05) is 222 Å². The Kier molecular flexibility index (Phi) is 13.1. The summed E-state index contributed by atoms with van der Waals surface area (Å²) < 4.78 is 2.31. The topological polar surface area (TPSA) is 50.9 Å². The minimum absolute atomic E-state index is 0. The average molecular weight is 1180 g/mol. The van der Waals surface area contributed by atoms with Gasteiger partial charge < -0.3 is 5.11 Å². The Balaban J connectivity index is 0.00000657. The van der Waals surface area contributed by atoms with Gasteiger partial charge in [0, 0.05) is 44.1 Å². The Hall–Kier alpha value is -6.87. The first kappa shape index (κ1) is 52.6. The van der Waals surface area contributed by atoms with Crippen molar-refractivity contribution in [2.24, 2.45) is 0 Å². The Morgan fingerprint density at radius 1 is 0.513 bits per heavy atom. The molecule has 1 aliphatic rings. The van der Waals surface area contributed by atoms with Gasteiger partial charge >= 0.3 is 0 Å². The van der Waals surface area contributed by atoms with Crippen molar-refractivity contribution in [3.63, 3.8) is 0 Å². The Morgan fingerprint density at radius 2 is 1.14 bits per heavy atom. The third-order valence-electron chi connectivity index (χ3n) is 15.9. The number of phenols is 1. The largest absolute Gasteiger partial charge is 0.507 e. The smallest absolute Gasteiger partial charge is 0.148 e. The number of aromatic nitrogens is 3. The van der Waals surface area contributed by atoms with Crippen molar-refractivity contribution in [2.75, 3.05) is 0 Å². The van der Waals surface area contributed by atoms with Crippen LogP contribution in [0.3, 0.4) is 0 Å². The van der Waals surface area contributed by atoms with Gasteiger partial charge in [0.25, 0.3) is 0 Å². The minimum Gasteiger partial charge on any atom is -0.507 e. The fourth-order valence-electron chi connectivity index (χ4n) is 12.1. The van der Waals surface area contributed by atoms with Gasteiger partial charge in [0.1, 0.15) is 11.6 Å². The van der Waals surface area contributed by atoms with Gasteiger partial charge in [-0.15, -0.1) is 29.3 Å². The number of hydrogen-bond donors (Lipinski definition) is 1. The fraction of sp³-hybridized carbons (Fsp3) is 0.268. The number of benzene rings is 8. The monoisotopic (exact) mass is 1180 g/mol. The Labute approximate surface area is 465 Å². The predicted molar refractivity (Wildman–Crippen MR) is 316 cm³/mol. The maximum atomic E-state index is 12.8. The third-order valence-corrected chi connectivity index (χ3v) is 15.9. The second-order valence-corrected chi connectivity index (χ2v) is 25.5. The van der Waals surface area contributed by atoms with Crippen molar-refractivity contribution in [3.8, 4) is 78.6 Å². The summed E-state index contributed by atoms with van der Waals surface area (Å²) in [5.74, 6) is 0.918. The molecule has 1 aliphatic carbocycles. The molecule has 2 heterocycles. The van der Waals surface area contributed by atoms with Crippen molar-refractivity contribution in [2.45, 2.75) is 124 Å². The van der Waals surface area contributed by atoms with Gasteiger partial charge in [-0.3, -0.25) is 9.55 Å². The summed E-state index contributed by atoms with van der Waals surface area (Å²) in [6.45, 7) is 29.6. The predicted octanol–water partition coefficient (Wildman–Crippen LogP) is 18.9. The first-order valence-corrected chi connectivity index (χ1v) is 26.7. The number of rotatable bonds is 7. The molecule has 0 aliphatic heterocycles. The standard InChI is InChI=1S/C71H70N3O.Pt/c1-67(2,3)50-37-48(36-49(38-50)60-40-46(34-35-72-60)44-22-16-14-17-23-44)53-26-21-29-62-64(53)73-66(56-41-51(68(4,5)6)42-59(65(56)75)69(7,8)9)74(62)61-33-30-47(39-55(61)45-24-18-15-19-25-45)52-31-32-58-63-54(52)27-20-28-57(63)70(10,11)43-71(58,12)13;/h14-35,37-42,75H,43H2,1-13H3;/q-1;. The first-order chi connectivity index (χ1) is 35.5. The SMILES string of the molecule is CC(C)(C)c1cc(-c2cc(-c3ccccc3)ccn2)[c-]c(-c2cccc3c2nc(-c2cc(C(C)(C)C)cc(C(C)(C)C)c2O)n3-c2ccc(-c3ccc4c5c(cccc35)C(C)(C)CC4(C)C)cc2-c2ccccc2)c1.[Pt]. The molecule has 0 atom stereocenters. The molecule has 2 aromatic heterocycles. The van der Waals surface area contributed by atoms with Crippen LogP contribution in [0.5, 0.6) is 5.75 Å². The van der Waals surface area contributed by atoms with E-state index in [2.05, 4.69) is 258 Å². The molecule has 0 spiro atoms. The molecule has 386 valence electrons. The molecule has 0 fully saturated rings. The van der Waals surface area contributed by atoms with Gasteiger partial charge in [0.2, 0.25) is 0 Å². The number of pyridine rings is 1. The zero-order valence-electron chi connectivity index (χ0n) is 46.5. The molecular formula is C71H70N3OPt-. The van der Waals surface area contributed by atoms with Crippen LogP contribution in [0.2, 0.25) is 0 Å². The van der Waals surface area contributed by atoms with Crippen LogP contribution in [0, 0.1) is 6.07 Å². The second kappa shape index (κ2) is 19.0. The number of imidazole rings is 1. The number of para-hydroxylation sites is 1. The molecule has 0 radical (unpaired) electrons. The normalized spacial score (nSPS) is 14.2. The summed E-state index contributed by atoms with van der Waals surface area (Å²) >= 11 is 0. The summed E-state index contributed by atoms with van der Waals surface area (Å²) in [5, 5.41) is 15.5. The first-order valence-electron chi connectivity index (χ1n) is 26.7. The van der Waals surface area contributed by atoms with E-state index < -0.39 is 0 Å². The van der Waals surface area contributed by atoms with Gasteiger partial charge in [-0.25, -0.2) is 4.98 Å². The van der Waals surface area contributed by atoms with E-state index in [1.54, 1.807) is 0 Å². The summed E-state index contributed by atoms with van der Waals surface area (Å²) in [6.07, 6.45) is 2.99. The minimum atomic E-state index is -0.355. The molecular weight excluding hydrogens is 1110 g/mol. The number of hydrogen-bond acceptors (Lipinski definition) is 3. The zero-order chi connectivity index (χ0) is 53.0. The van der Waals surface area contributed by atoms with Gasteiger partial charge in [-0.05, 0) is 119 Å². The van der Waals surface area contributed by atoms with Crippen LogP contribution in [-0.2, 0) is 48.1 Å². The van der Waals surface area contributed by atoms with E-state index in [9.17, 15) is 5.11 Å².